The molecular formula is C14H27NO3. The second kappa shape index (κ2) is 10.5. The summed E-state index contributed by atoms with van der Waals surface area (Å²) < 4.78 is 11.0. The van der Waals surface area contributed by atoms with Crippen molar-refractivity contribution in [1.82, 2.24) is 5.32 Å². The van der Waals surface area contributed by atoms with E-state index in [1.54, 1.807) is 0 Å². The van der Waals surface area contributed by atoms with E-state index in [9.17, 15) is 5.11 Å². The van der Waals surface area contributed by atoms with Crippen molar-refractivity contribution in [2.24, 2.45) is 0 Å². The molecule has 0 heterocycles. The monoisotopic (exact) mass is 257 g/mol. The van der Waals surface area contributed by atoms with Gasteiger partial charge in [0.1, 0.15) is 0 Å². The van der Waals surface area contributed by atoms with Crippen molar-refractivity contribution in [3.8, 4) is 0 Å². The van der Waals surface area contributed by atoms with Crippen LogP contribution in [-0.2, 0) is 9.47 Å². The van der Waals surface area contributed by atoms with E-state index in [4.69, 9.17) is 9.47 Å². The number of nitrogens with one attached hydrogen (secondary N) is 1. The highest BCUT2D eigenvalue weighted by Crippen LogP contribution is 2.20. The Morgan fingerprint density at radius 1 is 1.33 bits per heavy atom. The van der Waals surface area contributed by atoms with Gasteiger partial charge in [-0.15, -0.1) is 6.58 Å². The van der Waals surface area contributed by atoms with Gasteiger partial charge in [0, 0.05) is 13.1 Å². The standard InChI is InChI=1S/C14H27NO3/c1-2-3-9-17-10-8-15-11-13(16)12-18-14-6-4-5-7-14/h2,13-16H,1,3-12H2. The van der Waals surface area contributed by atoms with Crippen LogP contribution in [0.5, 0.6) is 0 Å². The molecule has 1 atom stereocenters. The second-order valence-electron chi connectivity index (χ2n) is 4.79. The van der Waals surface area contributed by atoms with Crippen LogP contribution < -0.4 is 5.32 Å². The Bertz CT molecular complexity index is 205. The van der Waals surface area contributed by atoms with Crippen LogP contribution in [0.2, 0.25) is 0 Å². The Kier molecular flexibility index (Phi) is 9.12. The summed E-state index contributed by atoms with van der Waals surface area (Å²) >= 11 is 0. The lowest BCUT2D eigenvalue weighted by molar-refractivity contribution is -0.00590. The van der Waals surface area contributed by atoms with Crippen LogP contribution in [0.3, 0.4) is 0 Å². The molecular weight excluding hydrogens is 230 g/mol. The van der Waals surface area contributed by atoms with E-state index in [1.165, 1.54) is 12.8 Å². The normalized spacial score (nSPS) is 18.1. The minimum atomic E-state index is -0.418. The van der Waals surface area contributed by atoms with Crippen molar-refractivity contribution in [2.45, 2.75) is 44.3 Å². The largest absolute Gasteiger partial charge is 0.389 e. The molecule has 1 saturated carbocycles. The van der Waals surface area contributed by atoms with Gasteiger partial charge in [0.15, 0.2) is 0 Å². The molecule has 18 heavy (non-hydrogen) atoms. The summed E-state index contributed by atoms with van der Waals surface area (Å²) in [5.74, 6) is 0. The molecule has 0 aromatic heterocycles. The maximum atomic E-state index is 9.71. The van der Waals surface area contributed by atoms with Gasteiger partial charge in [-0.3, -0.25) is 0 Å². The lowest BCUT2D eigenvalue weighted by atomic mass is 10.3. The van der Waals surface area contributed by atoms with Crippen molar-refractivity contribution in [3.05, 3.63) is 12.7 Å². The molecule has 2 N–H and O–H groups in total. The van der Waals surface area contributed by atoms with Crippen molar-refractivity contribution in [3.63, 3.8) is 0 Å². The fraction of sp³-hybridized carbons (Fsp3) is 0.857. The molecule has 0 aliphatic heterocycles. The molecule has 1 fully saturated rings. The van der Waals surface area contributed by atoms with E-state index in [1.807, 2.05) is 6.08 Å². The number of rotatable bonds is 11. The average molecular weight is 257 g/mol. The van der Waals surface area contributed by atoms with Crippen molar-refractivity contribution < 1.29 is 14.6 Å². The maximum absolute atomic E-state index is 9.71. The zero-order valence-corrected chi connectivity index (χ0v) is 11.3. The van der Waals surface area contributed by atoms with Crippen LogP contribution >= 0.6 is 0 Å². The first-order valence-electron chi connectivity index (χ1n) is 7.02. The van der Waals surface area contributed by atoms with Crippen molar-refractivity contribution in [1.29, 1.82) is 0 Å². The zero-order chi connectivity index (χ0) is 13.1. The van der Waals surface area contributed by atoms with Gasteiger partial charge in [-0.25, -0.2) is 0 Å². The SMILES string of the molecule is C=CCCOCCNCC(O)COC1CCCC1. The summed E-state index contributed by atoms with van der Waals surface area (Å²) in [5, 5.41) is 12.9. The Labute approximate surface area is 110 Å². The zero-order valence-electron chi connectivity index (χ0n) is 11.3. The number of hydrogen-bond acceptors (Lipinski definition) is 4. The van der Waals surface area contributed by atoms with Crippen LogP contribution in [0, 0.1) is 0 Å². The summed E-state index contributed by atoms with van der Waals surface area (Å²) in [4.78, 5) is 0. The van der Waals surface area contributed by atoms with E-state index < -0.39 is 6.10 Å². The average Bonchev–Trinajstić information content (AvgIpc) is 2.88. The Balaban J connectivity index is 1.83. The number of aliphatic hydroxyl groups excluding tert-OH is 1. The molecule has 1 unspecified atom stereocenters. The molecule has 4 nitrogen and oxygen atoms in total. The van der Waals surface area contributed by atoms with Crippen LogP contribution in [0.4, 0.5) is 0 Å². The van der Waals surface area contributed by atoms with Gasteiger partial charge in [0.2, 0.25) is 0 Å². The Morgan fingerprint density at radius 3 is 2.83 bits per heavy atom. The molecule has 0 spiro atoms. The topological polar surface area (TPSA) is 50.7 Å². The summed E-state index contributed by atoms with van der Waals surface area (Å²) in [6.07, 6.45) is 7.52. The highest BCUT2D eigenvalue weighted by atomic mass is 16.5. The van der Waals surface area contributed by atoms with E-state index in [0.717, 1.165) is 32.4 Å². The highest BCUT2D eigenvalue weighted by Gasteiger charge is 2.16. The fourth-order valence-electron chi connectivity index (χ4n) is 2.04. The Hall–Kier alpha value is -0.420. The number of hydrogen-bond donors (Lipinski definition) is 2. The summed E-state index contributed by atoms with van der Waals surface area (Å²) in [5.41, 5.74) is 0. The molecule has 1 aliphatic rings. The van der Waals surface area contributed by atoms with E-state index >= 15 is 0 Å². The first-order valence-corrected chi connectivity index (χ1v) is 7.02. The van der Waals surface area contributed by atoms with Gasteiger partial charge in [-0.05, 0) is 19.3 Å². The van der Waals surface area contributed by atoms with Crippen molar-refractivity contribution in [2.75, 3.05) is 32.9 Å². The molecule has 0 aromatic carbocycles. The molecule has 0 bridgehead atoms. The molecule has 0 radical (unpaired) electrons. The third-order valence-corrected chi connectivity index (χ3v) is 3.10. The summed E-state index contributed by atoms with van der Waals surface area (Å²) in [6, 6.07) is 0. The van der Waals surface area contributed by atoms with E-state index in [0.29, 0.717) is 25.9 Å². The minimum Gasteiger partial charge on any atom is -0.389 e. The number of ether oxygens (including phenoxy) is 2. The third kappa shape index (κ3) is 7.82. The minimum absolute atomic E-state index is 0.377. The molecule has 106 valence electrons. The van der Waals surface area contributed by atoms with Gasteiger partial charge in [-0.2, -0.15) is 0 Å². The predicted octanol–water partition coefficient (Wildman–Crippen LogP) is 1.49. The highest BCUT2D eigenvalue weighted by molar-refractivity contribution is 4.68. The molecule has 1 aliphatic carbocycles. The van der Waals surface area contributed by atoms with E-state index in [2.05, 4.69) is 11.9 Å². The molecule has 1 rings (SSSR count). The smallest absolute Gasteiger partial charge is 0.0897 e. The van der Waals surface area contributed by atoms with Crippen molar-refractivity contribution >= 4 is 0 Å². The van der Waals surface area contributed by atoms with Gasteiger partial charge in [0.25, 0.3) is 0 Å². The fourth-order valence-corrected chi connectivity index (χ4v) is 2.04. The molecule has 0 amide bonds. The molecule has 4 heteroatoms. The van der Waals surface area contributed by atoms with Gasteiger partial charge in [0.05, 0.1) is 32.0 Å². The Morgan fingerprint density at radius 2 is 2.11 bits per heavy atom. The van der Waals surface area contributed by atoms with Gasteiger partial charge >= 0.3 is 0 Å². The van der Waals surface area contributed by atoms with E-state index in [-0.39, 0.29) is 0 Å². The quantitative estimate of drug-likeness (QED) is 0.435. The van der Waals surface area contributed by atoms with Crippen LogP contribution in [-0.4, -0.2) is 50.2 Å². The van der Waals surface area contributed by atoms with Crippen LogP contribution in [0.15, 0.2) is 12.7 Å². The summed E-state index contributed by atoms with van der Waals surface area (Å²) in [7, 11) is 0. The molecule has 0 saturated heterocycles. The summed E-state index contributed by atoms with van der Waals surface area (Å²) in [6.45, 7) is 6.79. The van der Waals surface area contributed by atoms with Gasteiger partial charge in [-0.1, -0.05) is 18.9 Å². The van der Waals surface area contributed by atoms with Crippen LogP contribution in [0.25, 0.3) is 0 Å². The predicted molar refractivity (Wildman–Crippen MR) is 72.7 cm³/mol. The lowest BCUT2D eigenvalue weighted by Crippen LogP contribution is -2.33. The van der Waals surface area contributed by atoms with Crippen LogP contribution in [0.1, 0.15) is 32.1 Å². The molecule has 0 aromatic rings. The number of aliphatic hydroxyl groups is 1. The second-order valence-corrected chi connectivity index (χ2v) is 4.79. The van der Waals surface area contributed by atoms with Gasteiger partial charge < -0.3 is 19.9 Å². The lowest BCUT2D eigenvalue weighted by Gasteiger charge is -2.16. The first-order chi connectivity index (χ1) is 8.83. The maximum Gasteiger partial charge on any atom is 0.0897 e. The third-order valence-electron chi connectivity index (χ3n) is 3.10. The first kappa shape index (κ1) is 15.6.